The van der Waals surface area contributed by atoms with Crippen molar-refractivity contribution in [3.63, 3.8) is 0 Å². The van der Waals surface area contributed by atoms with Crippen LogP contribution in [0.5, 0.6) is 0 Å². The van der Waals surface area contributed by atoms with Gasteiger partial charge in [0.05, 0.1) is 18.1 Å². The summed E-state index contributed by atoms with van der Waals surface area (Å²) in [6, 6.07) is 0. The van der Waals surface area contributed by atoms with Crippen LogP contribution in [0.15, 0.2) is 0 Å². The smallest absolute Gasteiger partial charge is 0.312 e. The third-order valence-electron chi connectivity index (χ3n) is 2.78. The van der Waals surface area contributed by atoms with Gasteiger partial charge in [0, 0.05) is 0 Å². The summed E-state index contributed by atoms with van der Waals surface area (Å²) < 4.78 is 10.7. The first kappa shape index (κ1) is 13.5. The van der Waals surface area contributed by atoms with Crippen LogP contribution in [0.2, 0.25) is 0 Å². The Kier molecular flexibility index (Phi) is 3.68. The van der Waals surface area contributed by atoms with Crippen molar-refractivity contribution in [2.45, 2.75) is 59.7 Å². The highest BCUT2D eigenvalue weighted by Crippen LogP contribution is 2.34. The summed E-state index contributed by atoms with van der Waals surface area (Å²) in [5, 5.41) is 0. The van der Waals surface area contributed by atoms with Crippen molar-refractivity contribution in [3.05, 3.63) is 0 Å². The fraction of sp³-hybridized carbons (Fsp3) is 0.923. The van der Waals surface area contributed by atoms with Crippen LogP contribution in [0.1, 0.15) is 48.0 Å². The first-order chi connectivity index (χ1) is 7.12. The molecule has 94 valence electrons. The molecule has 16 heavy (non-hydrogen) atoms. The van der Waals surface area contributed by atoms with Crippen LogP contribution in [0.3, 0.4) is 0 Å². The maximum Gasteiger partial charge on any atom is 0.312 e. The molecule has 3 nitrogen and oxygen atoms in total. The molecule has 0 saturated carbocycles. The van der Waals surface area contributed by atoms with Gasteiger partial charge in [0.1, 0.15) is 5.60 Å². The van der Waals surface area contributed by atoms with Gasteiger partial charge in [-0.3, -0.25) is 4.79 Å². The van der Waals surface area contributed by atoms with Gasteiger partial charge in [0.2, 0.25) is 0 Å². The molecular weight excluding hydrogens is 204 g/mol. The standard InChI is InChI=1S/C13H24O3/c1-9(10-8-15-10)7-13(5,6)11(14)16-12(2,3)4/h9-10H,7-8H2,1-6H3. The Labute approximate surface area is 98.5 Å². The Morgan fingerprint density at radius 1 is 1.38 bits per heavy atom. The second kappa shape index (κ2) is 4.36. The van der Waals surface area contributed by atoms with Crippen molar-refractivity contribution in [1.29, 1.82) is 0 Å². The first-order valence-electron chi connectivity index (χ1n) is 5.97. The van der Waals surface area contributed by atoms with Gasteiger partial charge in [-0.05, 0) is 47.0 Å². The second-order valence-electron chi connectivity index (χ2n) is 6.44. The highest BCUT2D eigenvalue weighted by Gasteiger charge is 2.38. The van der Waals surface area contributed by atoms with E-state index in [0.29, 0.717) is 12.0 Å². The lowest BCUT2D eigenvalue weighted by Crippen LogP contribution is -2.35. The second-order valence-corrected chi connectivity index (χ2v) is 6.44. The number of hydrogen-bond donors (Lipinski definition) is 0. The van der Waals surface area contributed by atoms with Gasteiger partial charge in [0.25, 0.3) is 0 Å². The average molecular weight is 228 g/mol. The molecule has 0 bridgehead atoms. The van der Waals surface area contributed by atoms with Gasteiger partial charge in [-0.1, -0.05) is 6.92 Å². The summed E-state index contributed by atoms with van der Waals surface area (Å²) in [6.07, 6.45) is 1.16. The molecule has 0 spiro atoms. The fourth-order valence-electron chi connectivity index (χ4n) is 1.82. The number of esters is 1. The average Bonchev–Trinajstić information content (AvgIpc) is 2.80. The summed E-state index contributed by atoms with van der Waals surface area (Å²) in [5.41, 5.74) is -0.841. The molecule has 1 rings (SSSR count). The van der Waals surface area contributed by atoms with E-state index in [1.54, 1.807) is 0 Å². The van der Waals surface area contributed by atoms with Crippen molar-refractivity contribution in [2.75, 3.05) is 6.61 Å². The fourth-order valence-corrected chi connectivity index (χ4v) is 1.82. The SMILES string of the molecule is CC(CC(C)(C)C(=O)OC(C)(C)C)C1CO1. The number of rotatable bonds is 4. The zero-order valence-electron chi connectivity index (χ0n) is 11.3. The van der Waals surface area contributed by atoms with Gasteiger partial charge < -0.3 is 9.47 Å². The largest absolute Gasteiger partial charge is 0.460 e. The molecule has 0 aromatic rings. The third kappa shape index (κ3) is 4.12. The van der Waals surface area contributed by atoms with E-state index in [9.17, 15) is 4.79 Å². The quantitative estimate of drug-likeness (QED) is 0.548. The van der Waals surface area contributed by atoms with Crippen LogP contribution in [-0.4, -0.2) is 24.3 Å². The molecule has 1 aliphatic heterocycles. The number of ether oxygens (including phenoxy) is 2. The van der Waals surface area contributed by atoms with E-state index in [4.69, 9.17) is 9.47 Å². The van der Waals surface area contributed by atoms with Crippen LogP contribution in [0.25, 0.3) is 0 Å². The van der Waals surface area contributed by atoms with E-state index >= 15 is 0 Å². The Morgan fingerprint density at radius 2 is 1.88 bits per heavy atom. The minimum Gasteiger partial charge on any atom is -0.460 e. The minimum absolute atomic E-state index is 0.118. The van der Waals surface area contributed by atoms with E-state index < -0.39 is 11.0 Å². The maximum absolute atomic E-state index is 12.0. The maximum atomic E-state index is 12.0. The number of epoxide rings is 1. The van der Waals surface area contributed by atoms with Gasteiger partial charge in [-0.25, -0.2) is 0 Å². The monoisotopic (exact) mass is 228 g/mol. The van der Waals surface area contributed by atoms with Gasteiger partial charge in [-0.2, -0.15) is 0 Å². The molecular formula is C13H24O3. The molecule has 2 atom stereocenters. The summed E-state index contributed by atoms with van der Waals surface area (Å²) in [4.78, 5) is 12.0. The lowest BCUT2D eigenvalue weighted by Gasteiger charge is -2.30. The molecule has 0 aromatic carbocycles. The Balaban J connectivity index is 2.51. The Hall–Kier alpha value is -0.570. The van der Waals surface area contributed by atoms with Gasteiger partial charge >= 0.3 is 5.97 Å². The highest BCUT2D eigenvalue weighted by molar-refractivity contribution is 5.76. The van der Waals surface area contributed by atoms with Crippen LogP contribution < -0.4 is 0 Å². The van der Waals surface area contributed by atoms with E-state index in [2.05, 4.69) is 6.92 Å². The van der Waals surface area contributed by atoms with E-state index in [1.165, 1.54) is 0 Å². The number of hydrogen-bond acceptors (Lipinski definition) is 3. The summed E-state index contributed by atoms with van der Waals surface area (Å²) >= 11 is 0. The van der Waals surface area contributed by atoms with Crippen LogP contribution in [-0.2, 0) is 14.3 Å². The lowest BCUT2D eigenvalue weighted by atomic mass is 9.82. The molecule has 1 saturated heterocycles. The van der Waals surface area contributed by atoms with E-state index in [0.717, 1.165) is 13.0 Å². The van der Waals surface area contributed by atoms with Crippen LogP contribution in [0, 0.1) is 11.3 Å². The summed E-state index contributed by atoms with van der Waals surface area (Å²) in [5.74, 6) is 0.301. The van der Waals surface area contributed by atoms with Crippen LogP contribution >= 0.6 is 0 Å². The zero-order valence-corrected chi connectivity index (χ0v) is 11.3. The van der Waals surface area contributed by atoms with Gasteiger partial charge in [-0.15, -0.1) is 0 Å². The summed E-state index contributed by atoms with van der Waals surface area (Å²) in [6.45, 7) is 12.5. The summed E-state index contributed by atoms with van der Waals surface area (Å²) in [7, 11) is 0. The predicted molar refractivity (Wildman–Crippen MR) is 63.1 cm³/mol. The lowest BCUT2D eigenvalue weighted by molar-refractivity contribution is -0.166. The Morgan fingerprint density at radius 3 is 2.25 bits per heavy atom. The van der Waals surface area contributed by atoms with Crippen molar-refractivity contribution >= 4 is 5.97 Å². The minimum atomic E-state index is -0.432. The molecule has 0 aromatic heterocycles. The molecule has 1 fully saturated rings. The molecule has 3 heteroatoms. The molecule has 2 unspecified atom stereocenters. The highest BCUT2D eigenvalue weighted by atomic mass is 16.6. The molecule has 0 amide bonds. The number of carbonyl (C=O) groups excluding carboxylic acids is 1. The topological polar surface area (TPSA) is 38.8 Å². The van der Waals surface area contributed by atoms with Crippen LogP contribution in [0.4, 0.5) is 0 Å². The molecule has 1 aliphatic rings. The van der Waals surface area contributed by atoms with E-state index in [1.807, 2.05) is 34.6 Å². The predicted octanol–water partition coefficient (Wildman–Crippen LogP) is 2.78. The zero-order chi connectivity index (χ0) is 12.6. The first-order valence-corrected chi connectivity index (χ1v) is 5.97. The number of carbonyl (C=O) groups is 1. The van der Waals surface area contributed by atoms with Gasteiger partial charge in [0.15, 0.2) is 0 Å². The molecule has 0 aliphatic carbocycles. The molecule has 0 N–H and O–H groups in total. The molecule has 1 heterocycles. The van der Waals surface area contributed by atoms with Crippen molar-refractivity contribution in [3.8, 4) is 0 Å². The third-order valence-corrected chi connectivity index (χ3v) is 2.78. The Bertz CT molecular complexity index is 259. The van der Waals surface area contributed by atoms with Crippen molar-refractivity contribution < 1.29 is 14.3 Å². The normalized spacial score (nSPS) is 22.8. The van der Waals surface area contributed by atoms with Crippen molar-refractivity contribution in [1.82, 2.24) is 0 Å². The molecule has 0 radical (unpaired) electrons. The van der Waals surface area contributed by atoms with Crippen molar-refractivity contribution in [2.24, 2.45) is 11.3 Å². The van der Waals surface area contributed by atoms with E-state index in [-0.39, 0.29) is 5.97 Å².